The second-order valence-corrected chi connectivity index (χ2v) is 3.39. The third-order valence-corrected chi connectivity index (χ3v) is 2.11. The summed E-state index contributed by atoms with van der Waals surface area (Å²) in [7, 11) is 1.51. The predicted octanol–water partition coefficient (Wildman–Crippen LogP) is 0.0128. The molecule has 0 aliphatic heterocycles. The zero-order valence-corrected chi connectivity index (χ0v) is 9.62. The van der Waals surface area contributed by atoms with Crippen molar-refractivity contribution in [2.45, 2.75) is 6.54 Å². The highest BCUT2D eigenvalue weighted by molar-refractivity contribution is 5.92. The minimum Gasteiger partial charge on any atom is -0.358 e. The number of benzene rings is 1. The van der Waals surface area contributed by atoms with Crippen LogP contribution in [0.2, 0.25) is 0 Å². The standard InChI is InChI=1S/C11H16N4O2/c1-13-10(16)7-14-11(17)15-9-4-2-3-8(5-9)6-12/h2-5H,6-7,12H2,1H3,(H,13,16)(H2,14,15,17). The highest BCUT2D eigenvalue weighted by Crippen LogP contribution is 2.09. The first-order chi connectivity index (χ1) is 8.15. The van der Waals surface area contributed by atoms with E-state index in [0.29, 0.717) is 12.2 Å². The van der Waals surface area contributed by atoms with Gasteiger partial charge in [0.05, 0.1) is 6.54 Å². The number of rotatable bonds is 4. The number of nitrogens with two attached hydrogens (primary N) is 1. The van der Waals surface area contributed by atoms with Gasteiger partial charge in [-0.3, -0.25) is 4.79 Å². The van der Waals surface area contributed by atoms with Crippen molar-refractivity contribution in [1.82, 2.24) is 10.6 Å². The summed E-state index contributed by atoms with van der Waals surface area (Å²) < 4.78 is 0. The molecule has 1 aromatic rings. The quantitative estimate of drug-likeness (QED) is 0.593. The van der Waals surface area contributed by atoms with E-state index in [2.05, 4.69) is 16.0 Å². The first kappa shape index (κ1) is 13.0. The molecule has 17 heavy (non-hydrogen) atoms. The highest BCUT2D eigenvalue weighted by atomic mass is 16.2. The van der Waals surface area contributed by atoms with Gasteiger partial charge in [-0.05, 0) is 17.7 Å². The van der Waals surface area contributed by atoms with E-state index in [9.17, 15) is 9.59 Å². The Hall–Kier alpha value is -2.08. The largest absolute Gasteiger partial charge is 0.358 e. The van der Waals surface area contributed by atoms with Crippen LogP contribution in [-0.2, 0) is 11.3 Å². The van der Waals surface area contributed by atoms with Gasteiger partial charge in [-0.25, -0.2) is 4.79 Å². The van der Waals surface area contributed by atoms with Crippen LogP contribution in [0.1, 0.15) is 5.56 Å². The molecule has 0 saturated heterocycles. The van der Waals surface area contributed by atoms with Crippen molar-refractivity contribution >= 4 is 17.6 Å². The van der Waals surface area contributed by atoms with Crippen molar-refractivity contribution in [1.29, 1.82) is 0 Å². The number of nitrogens with one attached hydrogen (secondary N) is 3. The van der Waals surface area contributed by atoms with Gasteiger partial charge in [0.15, 0.2) is 0 Å². The fourth-order valence-electron chi connectivity index (χ4n) is 1.20. The second-order valence-electron chi connectivity index (χ2n) is 3.39. The van der Waals surface area contributed by atoms with Crippen LogP contribution in [0.3, 0.4) is 0 Å². The second kappa shape index (κ2) is 6.49. The Morgan fingerprint density at radius 3 is 2.76 bits per heavy atom. The normalized spacial score (nSPS) is 9.53. The van der Waals surface area contributed by atoms with Gasteiger partial charge in [0.1, 0.15) is 0 Å². The lowest BCUT2D eigenvalue weighted by molar-refractivity contribution is -0.119. The molecule has 0 spiro atoms. The Morgan fingerprint density at radius 1 is 1.35 bits per heavy atom. The molecule has 0 saturated carbocycles. The number of carbonyl (C=O) groups is 2. The zero-order valence-electron chi connectivity index (χ0n) is 9.62. The topological polar surface area (TPSA) is 96.2 Å². The van der Waals surface area contributed by atoms with Gasteiger partial charge in [0, 0.05) is 19.3 Å². The molecule has 0 radical (unpaired) electrons. The predicted molar refractivity (Wildman–Crippen MR) is 65.4 cm³/mol. The maximum Gasteiger partial charge on any atom is 0.319 e. The van der Waals surface area contributed by atoms with Gasteiger partial charge in [-0.1, -0.05) is 12.1 Å². The molecule has 0 aliphatic carbocycles. The Labute approximate surface area is 99.6 Å². The maximum atomic E-state index is 11.4. The lowest BCUT2D eigenvalue weighted by Crippen LogP contribution is -2.37. The molecule has 6 nitrogen and oxygen atoms in total. The van der Waals surface area contributed by atoms with E-state index in [1.165, 1.54) is 7.05 Å². The molecule has 1 aromatic carbocycles. The zero-order chi connectivity index (χ0) is 12.7. The van der Waals surface area contributed by atoms with Gasteiger partial charge >= 0.3 is 6.03 Å². The van der Waals surface area contributed by atoms with Crippen LogP contribution in [0.5, 0.6) is 0 Å². The van der Waals surface area contributed by atoms with Crippen molar-refractivity contribution < 1.29 is 9.59 Å². The summed E-state index contributed by atoms with van der Waals surface area (Å²) in [6.45, 7) is 0.355. The van der Waals surface area contributed by atoms with E-state index >= 15 is 0 Å². The van der Waals surface area contributed by atoms with Crippen molar-refractivity contribution in [3.05, 3.63) is 29.8 Å². The van der Waals surface area contributed by atoms with Crippen LogP contribution < -0.4 is 21.7 Å². The van der Waals surface area contributed by atoms with E-state index in [0.717, 1.165) is 5.56 Å². The van der Waals surface area contributed by atoms with E-state index < -0.39 is 6.03 Å². The van der Waals surface area contributed by atoms with Gasteiger partial charge in [-0.2, -0.15) is 0 Å². The number of urea groups is 1. The number of carbonyl (C=O) groups excluding carboxylic acids is 2. The summed E-state index contributed by atoms with van der Waals surface area (Å²) in [4.78, 5) is 22.3. The van der Waals surface area contributed by atoms with Gasteiger partial charge in [0.25, 0.3) is 0 Å². The molecule has 5 N–H and O–H groups in total. The molecule has 0 aromatic heterocycles. The molecule has 6 heteroatoms. The van der Waals surface area contributed by atoms with Crippen LogP contribution in [0.15, 0.2) is 24.3 Å². The van der Waals surface area contributed by atoms with E-state index in [-0.39, 0.29) is 12.5 Å². The van der Waals surface area contributed by atoms with E-state index in [4.69, 9.17) is 5.73 Å². The van der Waals surface area contributed by atoms with E-state index in [1.54, 1.807) is 18.2 Å². The lowest BCUT2D eigenvalue weighted by Gasteiger charge is -2.07. The Kier molecular flexibility index (Phi) is 4.96. The van der Waals surface area contributed by atoms with Crippen LogP contribution in [0.25, 0.3) is 0 Å². The molecule has 1 rings (SSSR count). The summed E-state index contributed by atoms with van der Waals surface area (Å²) in [6.07, 6.45) is 0. The lowest BCUT2D eigenvalue weighted by atomic mass is 10.2. The SMILES string of the molecule is CNC(=O)CNC(=O)Nc1cccc(CN)c1. The number of amides is 3. The van der Waals surface area contributed by atoms with Crippen molar-refractivity contribution in [2.24, 2.45) is 5.73 Å². The number of anilines is 1. The van der Waals surface area contributed by atoms with Crippen LogP contribution in [0.4, 0.5) is 10.5 Å². The minimum atomic E-state index is -0.428. The molecule has 0 bridgehead atoms. The molecule has 0 aliphatic rings. The number of hydrogen-bond donors (Lipinski definition) is 4. The highest BCUT2D eigenvalue weighted by Gasteiger charge is 2.04. The summed E-state index contributed by atoms with van der Waals surface area (Å²) in [5, 5.41) is 7.44. The molecule has 0 atom stereocenters. The number of hydrogen-bond acceptors (Lipinski definition) is 3. The summed E-state index contributed by atoms with van der Waals surface area (Å²) in [5.74, 6) is -0.254. The Balaban J connectivity index is 2.47. The molecule has 3 amide bonds. The smallest absolute Gasteiger partial charge is 0.319 e. The summed E-state index contributed by atoms with van der Waals surface area (Å²) in [5.41, 5.74) is 7.05. The average molecular weight is 236 g/mol. The van der Waals surface area contributed by atoms with Crippen LogP contribution >= 0.6 is 0 Å². The molecule has 0 fully saturated rings. The fourth-order valence-corrected chi connectivity index (χ4v) is 1.20. The van der Waals surface area contributed by atoms with Crippen LogP contribution in [0, 0.1) is 0 Å². The van der Waals surface area contributed by atoms with Crippen molar-refractivity contribution in [3.63, 3.8) is 0 Å². The van der Waals surface area contributed by atoms with Crippen molar-refractivity contribution in [3.8, 4) is 0 Å². The van der Waals surface area contributed by atoms with Crippen LogP contribution in [-0.4, -0.2) is 25.5 Å². The van der Waals surface area contributed by atoms with Gasteiger partial charge in [0.2, 0.25) is 5.91 Å². The Bertz CT molecular complexity index is 406. The third kappa shape index (κ3) is 4.52. The van der Waals surface area contributed by atoms with Gasteiger partial charge in [-0.15, -0.1) is 0 Å². The fraction of sp³-hybridized carbons (Fsp3) is 0.273. The third-order valence-electron chi connectivity index (χ3n) is 2.11. The minimum absolute atomic E-state index is 0.0566. The Morgan fingerprint density at radius 2 is 2.12 bits per heavy atom. The monoisotopic (exact) mass is 236 g/mol. The maximum absolute atomic E-state index is 11.4. The van der Waals surface area contributed by atoms with Gasteiger partial charge < -0.3 is 21.7 Å². The molecular weight excluding hydrogens is 220 g/mol. The van der Waals surface area contributed by atoms with E-state index in [1.807, 2.05) is 6.07 Å². The average Bonchev–Trinajstić information content (AvgIpc) is 2.36. The first-order valence-corrected chi connectivity index (χ1v) is 5.20. The molecule has 0 unspecified atom stereocenters. The van der Waals surface area contributed by atoms with Crippen molar-refractivity contribution in [2.75, 3.05) is 18.9 Å². The molecule has 92 valence electrons. The molecular formula is C11H16N4O2. The number of likely N-dealkylation sites (N-methyl/N-ethyl adjacent to an activating group) is 1. The first-order valence-electron chi connectivity index (χ1n) is 5.20. The molecule has 0 heterocycles. The summed E-state index contributed by atoms with van der Waals surface area (Å²) in [6, 6.07) is 6.77. The summed E-state index contributed by atoms with van der Waals surface area (Å²) >= 11 is 0.